The van der Waals surface area contributed by atoms with Crippen molar-refractivity contribution in [3.63, 3.8) is 0 Å². The molecule has 1 atom stereocenters. The number of halogens is 1. The zero-order chi connectivity index (χ0) is 13.2. The predicted molar refractivity (Wildman–Crippen MR) is 67.7 cm³/mol. The highest BCUT2D eigenvalue weighted by atomic mass is 35.5. The van der Waals surface area contributed by atoms with Crippen molar-refractivity contribution in [2.45, 2.75) is 24.8 Å². The van der Waals surface area contributed by atoms with Gasteiger partial charge in [-0.15, -0.1) is 0 Å². The predicted octanol–water partition coefficient (Wildman–Crippen LogP) is 2.51. The molecule has 5 heteroatoms. The average molecular weight is 268 g/mol. The Morgan fingerprint density at radius 3 is 2.56 bits per heavy atom. The molecule has 2 rings (SSSR count). The SMILES string of the molecule is O=C(O)N1CCC[C@@]1(Cc1ccccc1)C(=O)Cl. The highest BCUT2D eigenvalue weighted by Gasteiger charge is 2.49. The molecule has 18 heavy (non-hydrogen) atoms. The molecule has 0 unspecified atom stereocenters. The maximum Gasteiger partial charge on any atom is 0.408 e. The Bertz CT molecular complexity index is 463. The first kappa shape index (κ1) is 12.9. The van der Waals surface area contributed by atoms with Gasteiger partial charge in [0.05, 0.1) is 0 Å². The van der Waals surface area contributed by atoms with E-state index in [0.29, 0.717) is 25.8 Å². The van der Waals surface area contributed by atoms with Gasteiger partial charge in [0, 0.05) is 13.0 Å². The van der Waals surface area contributed by atoms with Gasteiger partial charge in [0.1, 0.15) is 5.54 Å². The highest BCUT2D eigenvalue weighted by molar-refractivity contribution is 6.65. The van der Waals surface area contributed by atoms with E-state index in [4.69, 9.17) is 11.6 Å². The van der Waals surface area contributed by atoms with Gasteiger partial charge in [0.15, 0.2) is 0 Å². The van der Waals surface area contributed by atoms with Gasteiger partial charge in [-0.05, 0) is 30.0 Å². The number of likely N-dealkylation sites (tertiary alicyclic amines) is 1. The second-order valence-corrected chi connectivity index (χ2v) is 4.85. The minimum atomic E-state index is -1.10. The molecule has 1 heterocycles. The summed E-state index contributed by atoms with van der Waals surface area (Å²) < 4.78 is 0. The average Bonchev–Trinajstić information content (AvgIpc) is 2.75. The highest BCUT2D eigenvalue weighted by Crippen LogP contribution is 2.35. The fourth-order valence-corrected chi connectivity index (χ4v) is 2.81. The van der Waals surface area contributed by atoms with Gasteiger partial charge < -0.3 is 5.11 Å². The fourth-order valence-electron chi connectivity index (χ4n) is 2.55. The molecule has 0 aliphatic carbocycles. The van der Waals surface area contributed by atoms with Crippen LogP contribution in [-0.2, 0) is 11.2 Å². The van der Waals surface area contributed by atoms with Crippen LogP contribution in [-0.4, -0.2) is 33.4 Å². The van der Waals surface area contributed by atoms with Crippen molar-refractivity contribution in [1.29, 1.82) is 0 Å². The van der Waals surface area contributed by atoms with Crippen molar-refractivity contribution in [3.8, 4) is 0 Å². The minimum Gasteiger partial charge on any atom is -0.465 e. The third-order valence-corrected chi connectivity index (χ3v) is 3.78. The summed E-state index contributed by atoms with van der Waals surface area (Å²) in [6.45, 7) is 0.362. The summed E-state index contributed by atoms with van der Waals surface area (Å²) in [4.78, 5) is 24.2. The topological polar surface area (TPSA) is 57.6 Å². The smallest absolute Gasteiger partial charge is 0.408 e. The van der Waals surface area contributed by atoms with Crippen LogP contribution in [0.1, 0.15) is 18.4 Å². The summed E-state index contributed by atoms with van der Waals surface area (Å²) in [5.41, 5.74) is -0.186. The summed E-state index contributed by atoms with van der Waals surface area (Å²) in [5.74, 6) is 0. The molecule has 4 nitrogen and oxygen atoms in total. The van der Waals surface area contributed by atoms with Crippen LogP contribution >= 0.6 is 11.6 Å². The van der Waals surface area contributed by atoms with E-state index in [2.05, 4.69) is 0 Å². The number of rotatable bonds is 3. The fraction of sp³-hybridized carbons (Fsp3) is 0.385. The van der Waals surface area contributed by atoms with E-state index in [1.54, 1.807) is 0 Å². The summed E-state index contributed by atoms with van der Waals surface area (Å²) >= 11 is 5.69. The lowest BCUT2D eigenvalue weighted by Crippen LogP contribution is -2.52. The van der Waals surface area contributed by atoms with Gasteiger partial charge in [-0.2, -0.15) is 0 Å². The molecule has 96 valence electrons. The first-order chi connectivity index (χ1) is 8.56. The van der Waals surface area contributed by atoms with Gasteiger partial charge in [-0.3, -0.25) is 9.69 Å². The number of hydrogen-bond acceptors (Lipinski definition) is 2. The van der Waals surface area contributed by atoms with Crippen LogP contribution in [0.3, 0.4) is 0 Å². The van der Waals surface area contributed by atoms with Crippen LogP contribution in [0.25, 0.3) is 0 Å². The standard InChI is InChI=1S/C13H14ClNO3/c14-11(16)13(7-4-8-15(13)12(17)18)9-10-5-2-1-3-6-10/h1-3,5-6H,4,7-9H2,(H,17,18)/t13-/m1/s1. The van der Waals surface area contributed by atoms with E-state index >= 15 is 0 Å². The Balaban J connectivity index is 2.33. The lowest BCUT2D eigenvalue weighted by Gasteiger charge is -2.33. The molecular formula is C13H14ClNO3. The van der Waals surface area contributed by atoms with E-state index in [1.807, 2.05) is 30.3 Å². The third kappa shape index (κ3) is 2.20. The molecule has 0 aromatic heterocycles. The molecule has 1 amide bonds. The van der Waals surface area contributed by atoms with E-state index in [-0.39, 0.29) is 0 Å². The van der Waals surface area contributed by atoms with E-state index in [9.17, 15) is 14.7 Å². The first-order valence-corrected chi connectivity index (χ1v) is 6.18. The van der Waals surface area contributed by atoms with Crippen LogP contribution in [0.2, 0.25) is 0 Å². The molecule has 1 saturated heterocycles. The first-order valence-electron chi connectivity index (χ1n) is 5.81. The molecule has 0 bridgehead atoms. The van der Waals surface area contributed by atoms with Crippen LogP contribution < -0.4 is 0 Å². The normalized spacial score (nSPS) is 23.1. The number of amides is 1. The molecule has 0 radical (unpaired) electrons. The van der Waals surface area contributed by atoms with Crippen molar-refractivity contribution in [2.75, 3.05) is 6.54 Å². The molecule has 1 aliphatic heterocycles. The van der Waals surface area contributed by atoms with Crippen LogP contribution in [0.15, 0.2) is 30.3 Å². The molecule has 0 saturated carbocycles. The van der Waals surface area contributed by atoms with E-state index < -0.39 is 16.9 Å². The van der Waals surface area contributed by atoms with Crippen molar-refractivity contribution in [3.05, 3.63) is 35.9 Å². The second kappa shape index (κ2) is 4.98. The summed E-state index contributed by atoms with van der Waals surface area (Å²) in [5, 5.41) is 8.60. The Morgan fingerprint density at radius 2 is 2.00 bits per heavy atom. The molecule has 1 N–H and O–H groups in total. The lowest BCUT2D eigenvalue weighted by molar-refractivity contribution is -0.120. The van der Waals surface area contributed by atoms with Crippen molar-refractivity contribution in [1.82, 2.24) is 4.90 Å². The Hall–Kier alpha value is -1.55. The minimum absolute atomic E-state index is 0.336. The number of nitrogens with zero attached hydrogens (tertiary/aromatic N) is 1. The summed E-state index contributed by atoms with van der Waals surface area (Å²) in [7, 11) is 0. The molecular weight excluding hydrogens is 254 g/mol. The number of hydrogen-bond donors (Lipinski definition) is 1. The summed E-state index contributed by atoms with van der Waals surface area (Å²) in [6, 6.07) is 9.35. The number of carbonyl (C=O) groups is 2. The molecule has 1 aliphatic rings. The van der Waals surface area contributed by atoms with Gasteiger partial charge in [-0.1, -0.05) is 30.3 Å². The van der Waals surface area contributed by atoms with Gasteiger partial charge in [0.2, 0.25) is 5.24 Å². The lowest BCUT2D eigenvalue weighted by atomic mass is 9.89. The maximum absolute atomic E-state index is 11.7. The van der Waals surface area contributed by atoms with Crippen LogP contribution in [0, 0.1) is 0 Å². The van der Waals surface area contributed by atoms with Gasteiger partial charge in [0.25, 0.3) is 0 Å². The van der Waals surface area contributed by atoms with E-state index in [0.717, 1.165) is 5.56 Å². The molecule has 0 spiro atoms. The summed E-state index contributed by atoms with van der Waals surface area (Å²) in [6.07, 6.45) is 0.397. The van der Waals surface area contributed by atoms with Crippen molar-refractivity contribution in [2.24, 2.45) is 0 Å². The van der Waals surface area contributed by atoms with Crippen molar-refractivity contribution >= 4 is 22.9 Å². The number of carbonyl (C=O) groups excluding carboxylic acids is 1. The van der Waals surface area contributed by atoms with Crippen LogP contribution in [0.5, 0.6) is 0 Å². The van der Waals surface area contributed by atoms with Gasteiger partial charge >= 0.3 is 6.09 Å². The van der Waals surface area contributed by atoms with Crippen LogP contribution in [0.4, 0.5) is 4.79 Å². The van der Waals surface area contributed by atoms with E-state index in [1.165, 1.54) is 4.90 Å². The zero-order valence-electron chi connectivity index (χ0n) is 9.80. The molecule has 1 aromatic rings. The van der Waals surface area contributed by atoms with Gasteiger partial charge in [-0.25, -0.2) is 4.79 Å². The Kier molecular flexibility index (Phi) is 3.57. The molecule has 1 fully saturated rings. The maximum atomic E-state index is 11.7. The zero-order valence-corrected chi connectivity index (χ0v) is 10.6. The Labute approximate surface area is 110 Å². The second-order valence-electron chi connectivity index (χ2n) is 4.51. The third-order valence-electron chi connectivity index (χ3n) is 3.42. The van der Waals surface area contributed by atoms with Crippen molar-refractivity contribution < 1.29 is 14.7 Å². The number of benzene rings is 1. The molecule has 1 aromatic carbocycles. The largest absolute Gasteiger partial charge is 0.465 e. The monoisotopic (exact) mass is 267 g/mol. The quantitative estimate of drug-likeness (QED) is 0.856. The Morgan fingerprint density at radius 1 is 1.33 bits per heavy atom. The number of carboxylic acid groups (broad SMARTS) is 1.